The number of ether oxygens (including phenoxy) is 1. The van der Waals surface area contributed by atoms with Crippen LogP contribution in [0.4, 0.5) is 5.69 Å². The largest absolute Gasteiger partial charge is 0.497 e. The SMILES string of the molecule is COc1ccc(NC(=O)C(CS)NC(C)=O)c(C)c1. The molecule has 1 unspecified atom stereocenters. The standard InChI is InChI=1S/C13H18N2O3S/c1-8-6-10(18-3)4-5-11(8)15-13(17)12(7-19)14-9(2)16/h4-6,12,19H,7H2,1-3H3,(H,14,16)(H,15,17). The van der Waals surface area contributed by atoms with Crippen molar-refractivity contribution in [2.24, 2.45) is 0 Å². The molecular formula is C13H18N2O3S. The maximum Gasteiger partial charge on any atom is 0.247 e. The van der Waals surface area contributed by atoms with E-state index in [-0.39, 0.29) is 17.6 Å². The molecule has 0 saturated carbocycles. The van der Waals surface area contributed by atoms with Crippen LogP contribution in [0.3, 0.4) is 0 Å². The summed E-state index contributed by atoms with van der Waals surface area (Å²) in [5, 5.41) is 5.30. The summed E-state index contributed by atoms with van der Waals surface area (Å²) < 4.78 is 5.09. The van der Waals surface area contributed by atoms with Gasteiger partial charge >= 0.3 is 0 Å². The predicted octanol–water partition coefficient (Wildman–Crippen LogP) is 1.38. The molecule has 6 heteroatoms. The Morgan fingerprint density at radius 2 is 2.11 bits per heavy atom. The summed E-state index contributed by atoms with van der Waals surface area (Å²) in [6, 6.07) is 4.69. The molecule has 2 N–H and O–H groups in total. The molecule has 0 bridgehead atoms. The van der Waals surface area contributed by atoms with Gasteiger partial charge in [-0.2, -0.15) is 12.6 Å². The van der Waals surface area contributed by atoms with Crippen molar-refractivity contribution in [1.29, 1.82) is 0 Å². The minimum Gasteiger partial charge on any atom is -0.497 e. The topological polar surface area (TPSA) is 67.4 Å². The van der Waals surface area contributed by atoms with Crippen molar-refractivity contribution < 1.29 is 14.3 Å². The maximum atomic E-state index is 12.0. The van der Waals surface area contributed by atoms with Gasteiger partial charge in [0.15, 0.2) is 0 Å². The number of amides is 2. The number of hydrogen-bond donors (Lipinski definition) is 3. The molecule has 104 valence electrons. The van der Waals surface area contributed by atoms with E-state index in [2.05, 4.69) is 23.3 Å². The van der Waals surface area contributed by atoms with E-state index >= 15 is 0 Å². The highest BCUT2D eigenvalue weighted by Crippen LogP contribution is 2.21. The van der Waals surface area contributed by atoms with Gasteiger partial charge in [0.1, 0.15) is 11.8 Å². The van der Waals surface area contributed by atoms with Crippen LogP contribution in [0.5, 0.6) is 5.75 Å². The Hall–Kier alpha value is -1.69. The van der Waals surface area contributed by atoms with Crippen LogP contribution >= 0.6 is 12.6 Å². The van der Waals surface area contributed by atoms with Gasteiger partial charge in [0.25, 0.3) is 0 Å². The maximum absolute atomic E-state index is 12.0. The second-order valence-electron chi connectivity index (χ2n) is 4.11. The van der Waals surface area contributed by atoms with E-state index in [9.17, 15) is 9.59 Å². The van der Waals surface area contributed by atoms with Crippen LogP contribution in [0, 0.1) is 6.92 Å². The van der Waals surface area contributed by atoms with E-state index in [4.69, 9.17) is 4.74 Å². The van der Waals surface area contributed by atoms with Gasteiger partial charge in [-0.05, 0) is 30.7 Å². The van der Waals surface area contributed by atoms with Crippen molar-refractivity contribution in [3.63, 3.8) is 0 Å². The van der Waals surface area contributed by atoms with Crippen molar-refractivity contribution in [3.05, 3.63) is 23.8 Å². The Labute approximate surface area is 118 Å². The zero-order valence-electron chi connectivity index (χ0n) is 11.2. The lowest BCUT2D eigenvalue weighted by atomic mass is 10.2. The Bertz CT molecular complexity index is 477. The average Bonchev–Trinajstić information content (AvgIpc) is 2.37. The molecule has 0 spiro atoms. The molecule has 1 atom stereocenters. The minimum absolute atomic E-state index is 0.237. The summed E-state index contributed by atoms with van der Waals surface area (Å²) in [6.45, 7) is 3.23. The second kappa shape index (κ2) is 7.04. The summed E-state index contributed by atoms with van der Waals surface area (Å²) >= 11 is 4.06. The summed E-state index contributed by atoms with van der Waals surface area (Å²) in [5.74, 6) is 0.405. The number of carbonyl (C=O) groups is 2. The van der Waals surface area contributed by atoms with E-state index in [1.165, 1.54) is 6.92 Å². The van der Waals surface area contributed by atoms with Crippen LogP contribution in [0.15, 0.2) is 18.2 Å². The van der Waals surface area contributed by atoms with Gasteiger partial charge in [0.05, 0.1) is 7.11 Å². The Morgan fingerprint density at radius 1 is 1.42 bits per heavy atom. The lowest BCUT2D eigenvalue weighted by Crippen LogP contribution is -2.44. The zero-order chi connectivity index (χ0) is 14.4. The fraction of sp³-hybridized carbons (Fsp3) is 0.385. The number of thiol groups is 1. The third-order valence-corrected chi connectivity index (χ3v) is 2.93. The average molecular weight is 282 g/mol. The highest BCUT2D eigenvalue weighted by atomic mass is 32.1. The van der Waals surface area contributed by atoms with Crippen LogP contribution in [0.1, 0.15) is 12.5 Å². The third kappa shape index (κ3) is 4.48. The Morgan fingerprint density at radius 3 is 2.58 bits per heavy atom. The van der Waals surface area contributed by atoms with Gasteiger partial charge < -0.3 is 15.4 Å². The molecule has 0 saturated heterocycles. The summed E-state index contributed by atoms with van der Waals surface area (Å²) in [4.78, 5) is 23.0. The number of aryl methyl sites for hydroxylation is 1. The molecule has 0 aliphatic carbocycles. The van der Waals surface area contributed by atoms with E-state index in [0.717, 1.165) is 11.3 Å². The molecule has 2 amide bonds. The Balaban J connectivity index is 2.78. The molecule has 0 aliphatic rings. The fourth-order valence-corrected chi connectivity index (χ4v) is 1.82. The van der Waals surface area contributed by atoms with Crippen LogP contribution in [-0.2, 0) is 9.59 Å². The molecule has 19 heavy (non-hydrogen) atoms. The number of methoxy groups -OCH3 is 1. The minimum atomic E-state index is -0.651. The molecular weight excluding hydrogens is 264 g/mol. The molecule has 5 nitrogen and oxygen atoms in total. The summed E-state index contributed by atoms with van der Waals surface area (Å²) in [5.41, 5.74) is 1.57. The first-order chi connectivity index (χ1) is 8.97. The van der Waals surface area contributed by atoms with E-state index in [1.807, 2.05) is 13.0 Å². The quantitative estimate of drug-likeness (QED) is 0.715. The first kappa shape index (κ1) is 15.4. The van der Waals surface area contributed by atoms with Crippen molar-refractivity contribution in [3.8, 4) is 5.75 Å². The van der Waals surface area contributed by atoms with Crippen LogP contribution in [0.25, 0.3) is 0 Å². The van der Waals surface area contributed by atoms with Gasteiger partial charge in [-0.25, -0.2) is 0 Å². The number of anilines is 1. The van der Waals surface area contributed by atoms with Gasteiger partial charge in [-0.15, -0.1) is 0 Å². The first-order valence-corrected chi connectivity index (χ1v) is 6.44. The van der Waals surface area contributed by atoms with Crippen LogP contribution in [-0.4, -0.2) is 30.7 Å². The molecule has 1 aromatic carbocycles. The zero-order valence-corrected chi connectivity index (χ0v) is 12.1. The predicted molar refractivity (Wildman–Crippen MR) is 77.8 cm³/mol. The van der Waals surface area contributed by atoms with Gasteiger partial charge in [0, 0.05) is 18.4 Å². The molecule has 0 radical (unpaired) electrons. The van der Waals surface area contributed by atoms with Crippen molar-refractivity contribution >= 4 is 30.1 Å². The smallest absolute Gasteiger partial charge is 0.247 e. The summed E-state index contributed by atoms with van der Waals surface area (Å²) in [6.07, 6.45) is 0. The molecule has 0 heterocycles. The third-order valence-electron chi connectivity index (χ3n) is 2.57. The lowest BCUT2D eigenvalue weighted by molar-refractivity contribution is -0.124. The molecule has 0 fully saturated rings. The van der Waals surface area contributed by atoms with Gasteiger partial charge in [-0.3, -0.25) is 9.59 Å². The molecule has 0 aromatic heterocycles. The summed E-state index contributed by atoms with van der Waals surface area (Å²) in [7, 11) is 1.58. The van der Waals surface area contributed by atoms with Crippen LogP contribution < -0.4 is 15.4 Å². The van der Waals surface area contributed by atoms with E-state index in [0.29, 0.717) is 5.69 Å². The van der Waals surface area contributed by atoms with Crippen LogP contribution in [0.2, 0.25) is 0 Å². The van der Waals surface area contributed by atoms with Crippen molar-refractivity contribution in [2.75, 3.05) is 18.2 Å². The number of hydrogen-bond acceptors (Lipinski definition) is 4. The number of carbonyl (C=O) groups excluding carboxylic acids is 2. The first-order valence-electron chi connectivity index (χ1n) is 5.81. The normalized spacial score (nSPS) is 11.6. The van der Waals surface area contributed by atoms with Gasteiger partial charge in [0.2, 0.25) is 11.8 Å². The molecule has 0 aliphatic heterocycles. The van der Waals surface area contributed by atoms with E-state index < -0.39 is 6.04 Å². The second-order valence-corrected chi connectivity index (χ2v) is 4.47. The molecule has 1 rings (SSSR count). The fourth-order valence-electron chi connectivity index (χ4n) is 1.56. The molecule has 1 aromatic rings. The number of benzene rings is 1. The number of rotatable bonds is 5. The van der Waals surface area contributed by atoms with Crippen molar-refractivity contribution in [1.82, 2.24) is 5.32 Å². The number of nitrogens with one attached hydrogen (secondary N) is 2. The van der Waals surface area contributed by atoms with Crippen molar-refractivity contribution in [2.45, 2.75) is 19.9 Å². The van der Waals surface area contributed by atoms with E-state index in [1.54, 1.807) is 19.2 Å². The monoisotopic (exact) mass is 282 g/mol. The Kier molecular flexibility index (Phi) is 5.69. The highest BCUT2D eigenvalue weighted by Gasteiger charge is 2.18. The highest BCUT2D eigenvalue weighted by molar-refractivity contribution is 7.80. The van der Waals surface area contributed by atoms with Gasteiger partial charge in [-0.1, -0.05) is 0 Å². The lowest BCUT2D eigenvalue weighted by Gasteiger charge is -2.16.